The fraction of sp³-hybridized carbons (Fsp3) is 0.571. The molecular weight excluding hydrogens is 356 g/mol. The van der Waals surface area contributed by atoms with Gasteiger partial charge in [0.25, 0.3) is 0 Å². The normalized spacial score (nSPS) is 17.0. The lowest BCUT2D eigenvalue weighted by Crippen LogP contribution is -2.37. The van der Waals surface area contributed by atoms with Crippen molar-refractivity contribution in [2.45, 2.75) is 46.1 Å². The third-order valence-electron chi connectivity index (χ3n) is 5.39. The zero-order valence-electron chi connectivity index (χ0n) is 17.0. The Bertz CT molecular complexity index is 818. The number of pyridine rings is 1. The van der Waals surface area contributed by atoms with Crippen molar-refractivity contribution in [3.05, 3.63) is 29.7 Å². The first-order valence-electron chi connectivity index (χ1n) is 10.1. The van der Waals surface area contributed by atoms with Gasteiger partial charge in [0.05, 0.1) is 48.6 Å². The number of rotatable bonds is 7. The number of hydrogen-bond acceptors (Lipinski definition) is 6. The van der Waals surface area contributed by atoms with Crippen molar-refractivity contribution in [1.29, 1.82) is 0 Å². The zero-order chi connectivity index (χ0) is 20.1. The van der Waals surface area contributed by atoms with Gasteiger partial charge in [0.15, 0.2) is 0 Å². The molecule has 0 amide bonds. The molecule has 2 aromatic heterocycles. The maximum atomic E-state index is 11.9. The van der Waals surface area contributed by atoms with E-state index in [2.05, 4.69) is 23.0 Å². The summed E-state index contributed by atoms with van der Waals surface area (Å²) >= 11 is 0. The van der Waals surface area contributed by atoms with Crippen molar-refractivity contribution < 1.29 is 14.6 Å². The topological polar surface area (TPSA) is 80.5 Å². The van der Waals surface area contributed by atoms with Crippen LogP contribution in [0.1, 0.15) is 44.5 Å². The van der Waals surface area contributed by atoms with E-state index in [4.69, 9.17) is 9.72 Å². The average Bonchev–Trinajstić information content (AvgIpc) is 3.08. The SMILES string of the molecule is CCOC(=O)C[C@H]1CCCN(c2ccc(-c3cnn(C)c3CO)nc2CC)C1. The third-order valence-corrected chi connectivity index (χ3v) is 5.39. The number of hydrogen-bond donors (Lipinski definition) is 1. The highest BCUT2D eigenvalue weighted by Crippen LogP contribution is 2.30. The summed E-state index contributed by atoms with van der Waals surface area (Å²) in [7, 11) is 1.82. The minimum Gasteiger partial charge on any atom is -0.466 e. The molecule has 1 aliphatic rings. The van der Waals surface area contributed by atoms with Crippen molar-refractivity contribution in [2.24, 2.45) is 13.0 Å². The summed E-state index contributed by atoms with van der Waals surface area (Å²) < 4.78 is 6.80. The Morgan fingerprint density at radius 1 is 1.36 bits per heavy atom. The van der Waals surface area contributed by atoms with E-state index in [1.807, 2.05) is 20.0 Å². The number of carbonyl (C=O) groups excluding carboxylic acids is 1. The molecular formula is C21H30N4O3. The van der Waals surface area contributed by atoms with Crippen LogP contribution in [0.3, 0.4) is 0 Å². The van der Waals surface area contributed by atoms with Crippen LogP contribution in [0.4, 0.5) is 5.69 Å². The monoisotopic (exact) mass is 386 g/mol. The maximum absolute atomic E-state index is 11.9. The lowest BCUT2D eigenvalue weighted by molar-refractivity contribution is -0.144. The molecule has 0 spiro atoms. The summed E-state index contributed by atoms with van der Waals surface area (Å²) in [6.07, 6.45) is 5.16. The molecule has 1 atom stereocenters. The lowest BCUT2D eigenvalue weighted by Gasteiger charge is -2.35. The smallest absolute Gasteiger partial charge is 0.306 e. The maximum Gasteiger partial charge on any atom is 0.306 e. The van der Waals surface area contributed by atoms with Gasteiger partial charge in [0, 0.05) is 25.7 Å². The molecule has 7 heteroatoms. The lowest BCUT2D eigenvalue weighted by atomic mass is 9.94. The quantitative estimate of drug-likeness (QED) is 0.737. The van der Waals surface area contributed by atoms with Crippen LogP contribution in [0.2, 0.25) is 0 Å². The predicted molar refractivity (Wildman–Crippen MR) is 108 cm³/mol. The van der Waals surface area contributed by atoms with E-state index in [0.29, 0.717) is 18.9 Å². The van der Waals surface area contributed by atoms with Crippen molar-refractivity contribution in [2.75, 3.05) is 24.6 Å². The average molecular weight is 386 g/mol. The van der Waals surface area contributed by atoms with Gasteiger partial charge in [-0.2, -0.15) is 5.10 Å². The van der Waals surface area contributed by atoms with E-state index >= 15 is 0 Å². The predicted octanol–water partition coefficient (Wildman–Crippen LogP) is 2.71. The van der Waals surface area contributed by atoms with Crippen LogP contribution in [0.25, 0.3) is 11.3 Å². The minimum atomic E-state index is -0.105. The van der Waals surface area contributed by atoms with Crippen molar-refractivity contribution in [1.82, 2.24) is 14.8 Å². The van der Waals surface area contributed by atoms with Crippen LogP contribution in [-0.2, 0) is 29.6 Å². The second-order valence-corrected chi connectivity index (χ2v) is 7.27. The number of esters is 1. The fourth-order valence-corrected chi connectivity index (χ4v) is 3.96. The number of aromatic nitrogens is 3. The number of aliphatic hydroxyl groups is 1. The minimum absolute atomic E-state index is 0.0710. The summed E-state index contributed by atoms with van der Waals surface area (Å²) in [5.74, 6) is 0.211. The largest absolute Gasteiger partial charge is 0.466 e. The summed E-state index contributed by atoms with van der Waals surface area (Å²) in [6.45, 7) is 6.13. The summed E-state index contributed by atoms with van der Waals surface area (Å²) in [5, 5.41) is 13.9. The highest BCUT2D eigenvalue weighted by Gasteiger charge is 2.25. The number of carbonyl (C=O) groups is 1. The van der Waals surface area contributed by atoms with Gasteiger partial charge >= 0.3 is 5.97 Å². The third kappa shape index (κ3) is 4.35. The van der Waals surface area contributed by atoms with Crippen LogP contribution >= 0.6 is 0 Å². The molecule has 1 saturated heterocycles. The number of nitrogens with zero attached hydrogens (tertiary/aromatic N) is 4. The Morgan fingerprint density at radius 2 is 2.18 bits per heavy atom. The molecule has 2 aromatic rings. The van der Waals surface area contributed by atoms with Crippen LogP contribution in [0, 0.1) is 5.92 Å². The molecule has 0 unspecified atom stereocenters. The Balaban J connectivity index is 1.81. The van der Waals surface area contributed by atoms with Gasteiger partial charge < -0.3 is 14.7 Å². The molecule has 0 saturated carbocycles. The van der Waals surface area contributed by atoms with Gasteiger partial charge in [-0.1, -0.05) is 6.92 Å². The number of ether oxygens (including phenoxy) is 1. The van der Waals surface area contributed by atoms with Crippen LogP contribution < -0.4 is 4.90 Å². The Hall–Kier alpha value is -2.41. The molecule has 0 radical (unpaired) electrons. The van der Waals surface area contributed by atoms with Gasteiger partial charge in [-0.25, -0.2) is 0 Å². The standard InChI is InChI=1S/C21H30N4O3/c1-4-17-19(25-10-6-7-15(13-25)11-21(27)28-5-2)9-8-18(23-17)16-12-22-24(3)20(16)14-26/h8-9,12,15,26H,4-7,10-11,13-14H2,1-3H3/t15-/m1/s1. The van der Waals surface area contributed by atoms with E-state index in [9.17, 15) is 9.90 Å². The molecule has 152 valence electrons. The first-order chi connectivity index (χ1) is 13.6. The Labute approximate surface area is 166 Å². The first-order valence-corrected chi connectivity index (χ1v) is 10.1. The van der Waals surface area contributed by atoms with Gasteiger partial charge in [-0.3, -0.25) is 14.5 Å². The highest BCUT2D eigenvalue weighted by atomic mass is 16.5. The van der Waals surface area contributed by atoms with Crippen molar-refractivity contribution in [3.8, 4) is 11.3 Å². The molecule has 3 rings (SSSR count). The fourth-order valence-electron chi connectivity index (χ4n) is 3.96. The molecule has 7 nitrogen and oxygen atoms in total. The molecule has 1 aliphatic heterocycles. The first kappa shape index (κ1) is 20.3. The molecule has 3 heterocycles. The van der Waals surface area contributed by atoms with E-state index in [-0.39, 0.29) is 12.6 Å². The van der Waals surface area contributed by atoms with Crippen molar-refractivity contribution in [3.63, 3.8) is 0 Å². The van der Waals surface area contributed by atoms with Gasteiger partial charge in [-0.15, -0.1) is 0 Å². The molecule has 0 aromatic carbocycles. The molecule has 1 fully saturated rings. The zero-order valence-corrected chi connectivity index (χ0v) is 17.0. The number of anilines is 1. The molecule has 0 aliphatic carbocycles. The van der Waals surface area contributed by atoms with E-state index < -0.39 is 0 Å². The molecule has 1 N–H and O–H groups in total. The molecule has 0 bridgehead atoms. The second-order valence-electron chi connectivity index (χ2n) is 7.27. The Morgan fingerprint density at radius 3 is 2.89 bits per heavy atom. The Kier molecular flexibility index (Phi) is 6.67. The number of aliphatic hydroxyl groups excluding tert-OH is 1. The van der Waals surface area contributed by atoms with Crippen LogP contribution in [-0.4, -0.2) is 45.5 Å². The summed E-state index contributed by atoms with van der Waals surface area (Å²) in [6, 6.07) is 4.11. The number of piperidine rings is 1. The van der Waals surface area contributed by atoms with Crippen LogP contribution in [0.5, 0.6) is 0 Å². The van der Waals surface area contributed by atoms with Gasteiger partial charge in [0.1, 0.15) is 0 Å². The second kappa shape index (κ2) is 9.19. The van der Waals surface area contributed by atoms with E-state index in [1.54, 1.807) is 10.9 Å². The van der Waals surface area contributed by atoms with Crippen LogP contribution in [0.15, 0.2) is 18.3 Å². The van der Waals surface area contributed by atoms with E-state index in [0.717, 1.165) is 60.7 Å². The number of aryl methyl sites for hydroxylation is 2. The molecule has 28 heavy (non-hydrogen) atoms. The summed E-state index contributed by atoms with van der Waals surface area (Å²) in [4.78, 5) is 19.1. The van der Waals surface area contributed by atoms with Crippen molar-refractivity contribution >= 4 is 11.7 Å². The van der Waals surface area contributed by atoms with E-state index in [1.165, 1.54) is 0 Å². The van der Waals surface area contributed by atoms with Gasteiger partial charge in [0.2, 0.25) is 0 Å². The highest BCUT2D eigenvalue weighted by molar-refractivity contribution is 5.70. The van der Waals surface area contributed by atoms with Gasteiger partial charge in [-0.05, 0) is 44.2 Å². The summed E-state index contributed by atoms with van der Waals surface area (Å²) in [5.41, 5.74) is 4.62.